The number of esters is 1. The molecule has 0 amide bonds. The lowest BCUT2D eigenvalue weighted by Crippen LogP contribution is -2.08. The van der Waals surface area contributed by atoms with E-state index in [0.717, 1.165) is 18.4 Å². The van der Waals surface area contributed by atoms with Crippen LogP contribution in [0.4, 0.5) is 0 Å². The van der Waals surface area contributed by atoms with Gasteiger partial charge in [-0.2, -0.15) is 0 Å². The van der Waals surface area contributed by atoms with Crippen molar-refractivity contribution in [1.82, 2.24) is 0 Å². The van der Waals surface area contributed by atoms with Crippen LogP contribution in [0.3, 0.4) is 0 Å². The molecule has 31 heavy (non-hydrogen) atoms. The molecular weight excluding hydrogens is 439 g/mol. The summed E-state index contributed by atoms with van der Waals surface area (Å²) in [5, 5.41) is 0.779. The fourth-order valence-corrected chi connectivity index (χ4v) is 3.56. The summed E-state index contributed by atoms with van der Waals surface area (Å²) in [6.07, 6.45) is 5.75. The first-order valence-corrected chi connectivity index (χ1v) is 10.9. The highest BCUT2D eigenvalue weighted by atomic mass is 35.5. The molecule has 0 aliphatic carbocycles. The van der Waals surface area contributed by atoms with Crippen LogP contribution < -0.4 is 9.47 Å². The molecule has 0 aliphatic heterocycles. The van der Waals surface area contributed by atoms with Gasteiger partial charge in [0.25, 0.3) is 0 Å². The summed E-state index contributed by atoms with van der Waals surface area (Å²) >= 11 is 12.7. The molecule has 0 fully saturated rings. The number of unbranched alkanes of at least 4 members (excludes halogenated alkanes) is 3. The fraction of sp³-hybridized carbons (Fsp3) is 0.375. The van der Waals surface area contributed by atoms with Crippen LogP contribution in [0.25, 0.3) is 5.57 Å². The highest BCUT2D eigenvalue weighted by Crippen LogP contribution is 2.37. The van der Waals surface area contributed by atoms with Gasteiger partial charge in [-0.15, -0.1) is 0 Å². The van der Waals surface area contributed by atoms with Crippen LogP contribution >= 0.6 is 23.2 Å². The Morgan fingerprint density at radius 1 is 1.00 bits per heavy atom. The zero-order chi connectivity index (χ0) is 22.6. The first-order valence-electron chi connectivity index (χ1n) is 10.2. The van der Waals surface area contributed by atoms with Gasteiger partial charge >= 0.3 is 5.97 Å². The number of carbonyl (C=O) groups excluding carboxylic acids is 1. The van der Waals surface area contributed by atoms with Gasteiger partial charge in [0.1, 0.15) is 17.9 Å². The average molecular weight is 467 g/mol. The molecular formula is C24H28Cl2O5. The predicted molar refractivity (Wildman–Crippen MR) is 124 cm³/mol. The van der Waals surface area contributed by atoms with E-state index in [0.29, 0.717) is 39.3 Å². The minimum atomic E-state index is -0.499. The average Bonchev–Trinajstić information content (AvgIpc) is 2.77. The van der Waals surface area contributed by atoms with E-state index in [1.165, 1.54) is 33.3 Å². The lowest BCUT2D eigenvalue weighted by molar-refractivity contribution is -0.133. The van der Waals surface area contributed by atoms with Crippen LogP contribution in [-0.2, 0) is 20.9 Å². The van der Waals surface area contributed by atoms with E-state index < -0.39 is 5.97 Å². The van der Waals surface area contributed by atoms with E-state index in [4.69, 9.17) is 42.1 Å². The molecule has 7 heteroatoms. The largest absolute Gasteiger partial charge is 0.503 e. The van der Waals surface area contributed by atoms with Crippen molar-refractivity contribution in [3.63, 3.8) is 0 Å². The van der Waals surface area contributed by atoms with Crippen LogP contribution in [0.1, 0.15) is 43.7 Å². The summed E-state index contributed by atoms with van der Waals surface area (Å²) in [5.74, 6) is 0.461. The van der Waals surface area contributed by atoms with Gasteiger partial charge in [-0.1, -0.05) is 73.7 Å². The Hall–Kier alpha value is -2.37. The molecule has 0 N–H and O–H groups in total. The summed E-state index contributed by atoms with van der Waals surface area (Å²) in [6.45, 7) is 2.92. The number of benzene rings is 2. The quantitative estimate of drug-likeness (QED) is 0.151. The maximum atomic E-state index is 12.1. The molecule has 0 saturated carbocycles. The number of methoxy groups -OCH3 is 2. The monoisotopic (exact) mass is 466 g/mol. The van der Waals surface area contributed by atoms with E-state index in [1.807, 2.05) is 18.2 Å². The number of hydrogen-bond acceptors (Lipinski definition) is 5. The second-order valence-electron chi connectivity index (χ2n) is 6.83. The summed E-state index contributed by atoms with van der Waals surface area (Å²) in [6, 6.07) is 10.7. The van der Waals surface area contributed by atoms with Crippen LogP contribution in [0, 0.1) is 0 Å². The van der Waals surface area contributed by atoms with Gasteiger partial charge in [-0.25, -0.2) is 4.79 Å². The first kappa shape index (κ1) is 24.9. The maximum absolute atomic E-state index is 12.1. The molecule has 0 bridgehead atoms. The summed E-state index contributed by atoms with van der Waals surface area (Å²) in [4.78, 5) is 12.1. The fourth-order valence-electron chi connectivity index (χ4n) is 2.98. The first-order chi connectivity index (χ1) is 15.0. The Labute approximate surface area is 193 Å². The standard InChI is InChI=1S/C24H28Cl2O5/c1-4-5-6-9-12-30-23-21(25)13-18(14-22(23)26)31-15-17-10-7-8-11-19(17)20(16-28-2)24(27)29-3/h7-8,10-11,13-14,16H,4-6,9,12,15H2,1-3H3. The molecule has 2 aromatic carbocycles. The second kappa shape index (κ2) is 13.1. The second-order valence-corrected chi connectivity index (χ2v) is 7.64. The molecule has 2 rings (SSSR count). The topological polar surface area (TPSA) is 54.0 Å². The smallest absolute Gasteiger partial charge is 0.341 e. The minimum Gasteiger partial charge on any atom is -0.503 e. The summed E-state index contributed by atoms with van der Waals surface area (Å²) < 4.78 is 21.6. The van der Waals surface area contributed by atoms with Crippen LogP contribution in [0.5, 0.6) is 11.5 Å². The van der Waals surface area contributed by atoms with Crippen molar-refractivity contribution in [3.05, 3.63) is 63.8 Å². The van der Waals surface area contributed by atoms with E-state index in [-0.39, 0.29) is 6.61 Å². The minimum absolute atomic E-state index is 0.193. The van der Waals surface area contributed by atoms with Gasteiger partial charge in [0, 0.05) is 12.1 Å². The molecule has 0 heterocycles. The van der Waals surface area contributed by atoms with Crippen LogP contribution in [0.15, 0.2) is 42.7 Å². The Balaban J connectivity index is 2.12. The van der Waals surface area contributed by atoms with Gasteiger partial charge in [-0.3, -0.25) is 0 Å². The Kier molecular flexibility index (Phi) is 10.5. The Bertz CT molecular complexity index is 872. The third-order valence-electron chi connectivity index (χ3n) is 4.56. The van der Waals surface area contributed by atoms with Crippen molar-refractivity contribution < 1.29 is 23.7 Å². The number of halogens is 2. The Morgan fingerprint density at radius 3 is 2.35 bits per heavy atom. The van der Waals surface area contributed by atoms with Crippen LogP contribution in [-0.4, -0.2) is 26.8 Å². The highest BCUT2D eigenvalue weighted by molar-refractivity contribution is 6.37. The van der Waals surface area contributed by atoms with Crippen molar-refractivity contribution >= 4 is 34.7 Å². The number of carbonyl (C=O) groups is 1. The maximum Gasteiger partial charge on any atom is 0.341 e. The molecule has 2 aromatic rings. The zero-order valence-electron chi connectivity index (χ0n) is 18.1. The number of ether oxygens (including phenoxy) is 4. The molecule has 0 radical (unpaired) electrons. The highest BCUT2D eigenvalue weighted by Gasteiger charge is 2.17. The molecule has 0 spiro atoms. The van der Waals surface area contributed by atoms with Gasteiger partial charge < -0.3 is 18.9 Å². The van der Waals surface area contributed by atoms with Gasteiger partial charge in [-0.05, 0) is 17.5 Å². The normalized spacial score (nSPS) is 11.2. The van der Waals surface area contributed by atoms with E-state index in [2.05, 4.69) is 6.92 Å². The molecule has 0 aromatic heterocycles. The van der Waals surface area contributed by atoms with E-state index >= 15 is 0 Å². The Morgan fingerprint density at radius 2 is 1.71 bits per heavy atom. The molecule has 0 atom stereocenters. The van der Waals surface area contributed by atoms with Crippen molar-refractivity contribution in [2.24, 2.45) is 0 Å². The number of rotatable bonds is 12. The molecule has 0 saturated heterocycles. The van der Waals surface area contributed by atoms with E-state index in [1.54, 1.807) is 18.2 Å². The number of hydrogen-bond donors (Lipinski definition) is 0. The van der Waals surface area contributed by atoms with Gasteiger partial charge in [0.2, 0.25) is 0 Å². The van der Waals surface area contributed by atoms with E-state index in [9.17, 15) is 4.79 Å². The molecule has 5 nitrogen and oxygen atoms in total. The van der Waals surface area contributed by atoms with Gasteiger partial charge in [0.05, 0.1) is 37.1 Å². The zero-order valence-corrected chi connectivity index (χ0v) is 19.6. The molecule has 0 unspecified atom stereocenters. The summed E-state index contributed by atoms with van der Waals surface area (Å²) in [5.41, 5.74) is 1.73. The van der Waals surface area contributed by atoms with Crippen molar-refractivity contribution in [1.29, 1.82) is 0 Å². The predicted octanol–water partition coefficient (Wildman–Crippen LogP) is 6.69. The van der Waals surface area contributed by atoms with Gasteiger partial charge in [0.15, 0.2) is 5.75 Å². The van der Waals surface area contributed by atoms with Crippen molar-refractivity contribution in [3.8, 4) is 11.5 Å². The SMILES string of the molecule is CCCCCCOc1c(Cl)cc(OCc2ccccc2C(=COC)C(=O)OC)cc1Cl. The molecule has 168 valence electrons. The third-order valence-corrected chi connectivity index (χ3v) is 5.12. The van der Waals surface area contributed by atoms with Crippen LogP contribution in [0.2, 0.25) is 10.0 Å². The third kappa shape index (κ3) is 7.37. The van der Waals surface area contributed by atoms with Crippen molar-refractivity contribution in [2.75, 3.05) is 20.8 Å². The molecule has 0 aliphatic rings. The lowest BCUT2D eigenvalue weighted by Gasteiger charge is -2.15. The lowest BCUT2D eigenvalue weighted by atomic mass is 10.0. The van der Waals surface area contributed by atoms with Crippen molar-refractivity contribution in [2.45, 2.75) is 39.2 Å². The summed E-state index contributed by atoms with van der Waals surface area (Å²) in [7, 11) is 2.79.